The van der Waals surface area contributed by atoms with Gasteiger partial charge in [-0.05, 0) is 56.3 Å². The lowest BCUT2D eigenvalue weighted by atomic mass is 10.0. The van der Waals surface area contributed by atoms with Crippen LogP contribution in [0.5, 0.6) is 0 Å². The molecule has 0 bridgehead atoms. The van der Waals surface area contributed by atoms with E-state index in [-0.39, 0.29) is 36.7 Å². The first-order chi connectivity index (χ1) is 18.4. The van der Waals surface area contributed by atoms with Crippen molar-refractivity contribution >= 4 is 17.8 Å². The molecular formula is C28H48N2O8. The van der Waals surface area contributed by atoms with Crippen LogP contribution in [0.1, 0.15) is 52.9 Å². The van der Waals surface area contributed by atoms with E-state index in [2.05, 4.69) is 22.8 Å². The average molecular weight is 541 g/mol. The van der Waals surface area contributed by atoms with Gasteiger partial charge in [0.2, 0.25) is 5.91 Å². The topological polar surface area (TPSA) is 121 Å². The highest BCUT2D eigenvalue weighted by Crippen LogP contribution is 2.52. The molecule has 2 aliphatic rings. The third kappa shape index (κ3) is 13.7. The second kappa shape index (κ2) is 19.1. The number of rotatable bonds is 20. The first-order valence-electron chi connectivity index (χ1n) is 14.1. The number of hydrogen-bond donors (Lipinski definition) is 2. The van der Waals surface area contributed by atoms with Crippen molar-refractivity contribution in [2.24, 2.45) is 23.7 Å². The Bertz CT molecular complexity index is 714. The fourth-order valence-corrected chi connectivity index (χ4v) is 4.80. The summed E-state index contributed by atoms with van der Waals surface area (Å²) in [6.45, 7) is 9.41. The van der Waals surface area contributed by atoms with E-state index in [9.17, 15) is 14.4 Å². The summed E-state index contributed by atoms with van der Waals surface area (Å²) in [5, 5.41) is 5.46. The number of nitrogens with one attached hydrogen (secondary N) is 2. The maximum Gasteiger partial charge on any atom is 0.407 e. The second-order valence-corrected chi connectivity index (χ2v) is 10.2. The quantitative estimate of drug-likeness (QED) is 0.179. The number of ketones is 1. The Morgan fingerprint density at radius 1 is 0.816 bits per heavy atom. The molecule has 0 aromatic carbocycles. The third-order valence-corrected chi connectivity index (χ3v) is 6.94. The lowest BCUT2D eigenvalue weighted by Gasteiger charge is -2.19. The molecule has 0 saturated heterocycles. The number of Topliss-reactive ketones (excluding diaryl/α,β-unsaturated/α-hetero) is 1. The maximum absolute atomic E-state index is 11.9. The molecule has 2 N–H and O–H groups in total. The monoisotopic (exact) mass is 540 g/mol. The van der Waals surface area contributed by atoms with E-state index in [1.807, 2.05) is 13.8 Å². The number of allylic oxidation sites excluding steroid dienone is 2. The summed E-state index contributed by atoms with van der Waals surface area (Å²) < 4.78 is 27.1. The summed E-state index contributed by atoms with van der Waals surface area (Å²) in [7, 11) is 0. The molecule has 2 amide bonds. The van der Waals surface area contributed by atoms with E-state index < -0.39 is 6.04 Å². The number of carbonyl (C=O) groups is 3. The van der Waals surface area contributed by atoms with Crippen LogP contribution in [0.3, 0.4) is 0 Å². The van der Waals surface area contributed by atoms with E-state index >= 15 is 0 Å². The van der Waals surface area contributed by atoms with E-state index in [0.717, 1.165) is 24.7 Å². The zero-order valence-electron chi connectivity index (χ0n) is 23.4. The van der Waals surface area contributed by atoms with Gasteiger partial charge >= 0.3 is 6.09 Å². The Kier molecular flexibility index (Phi) is 16.2. The molecule has 0 aliphatic heterocycles. The van der Waals surface area contributed by atoms with Gasteiger partial charge in [-0.1, -0.05) is 26.0 Å². The fraction of sp³-hybridized carbons (Fsp3) is 0.821. The van der Waals surface area contributed by atoms with Gasteiger partial charge in [0.15, 0.2) is 5.78 Å². The molecule has 0 spiro atoms. The third-order valence-electron chi connectivity index (χ3n) is 6.94. The average Bonchev–Trinajstić information content (AvgIpc) is 3.51. The number of carbonyl (C=O) groups excluding carboxylic acids is 3. The summed E-state index contributed by atoms with van der Waals surface area (Å²) in [6.07, 6.45) is 9.06. The predicted molar refractivity (Wildman–Crippen MR) is 143 cm³/mol. The molecule has 0 aromatic rings. The Morgan fingerprint density at radius 2 is 1.34 bits per heavy atom. The van der Waals surface area contributed by atoms with Crippen molar-refractivity contribution in [2.75, 3.05) is 66.0 Å². The molecule has 3 atom stereocenters. The molecule has 2 rings (SSSR count). The highest BCUT2D eigenvalue weighted by Gasteiger charge is 2.49. The lowest BCUT2D eigenvalue weighted by Crippen LogP contribution is -2.43. The van der Waals surface area contributed by atoms with Gasteiger partial charge in [0.1, 0.15) is 0 Å². The molecule has 10 heteroatoms. The van der Waals surface area contributed by atoms with Crippen LogP contribution < -0.4 is 10.6 Å². The molecule has 218 valence electrons. The van der Waals surface area contributed by atoms with Crippen molar-refractivity contribution in [3.8, 4) is 0 Å². The first-order valence-corrected chi connectivity index (χ1v) is 14.1. The summed E-state index contributed by atoms with van der Waals surface area (Å²) in [5.74, 6) is 1.79. The van der Waals surface area contributed by atoms with Crippen LogP contribution in [0, 0.1) is 23.7 Å². The minimum atomic E-state index is -0.453. The van der Waals surface area contributed by atoms with Crippen LogP contribution in [0.2, 0.25) is 0 Å². The van der Waals surface area contributed by atoms with Crippen molar-refractivity contribution in [3.63, 3.8) is 0 Å². The largest absolute Gasteiger partial charge is 0.449 e. The van der Waals surface area contributed by atoms with Crippen molar-refractivity contribution < 1.29 is 38.1 Å². The van der Waals surface area contributed by atoms with Gasteiger partial charge in [0, 0.05) is 13.0 Å². The van der Waals surface area contributed by atoms with Gasteiger partial charge in [-0.2, -0.15) is 0 Å². The van der Waals surface area contributed by atoms with E-state index in [1.54, 1.807) is 0 Å². The predicted octanol–water partition coefficient (Wildman–Crippen LogP) is 2.89. The van der Waals surface area contributed by atoms with E-state index in [0.29, 0.717) is 65.3 Å². The zero-order chi connectivity index (χ0) is 27.6. The zero-order valence-corrected chi connectivity index (χ0v) is 23.4. The first kappa shape index (κ1) is 32.2. The van der Waals surface area contributed by atoms with Crippen LogP contribution >= 0.6 is 0 Å². The maximum atomic E-state index is 11.9. The lowest BCUT2D eigenvalue weighted by molar-refractivity contribution is -0.128. The summed E-state index contributed by atoms with van der Waals surface area (Å²) >= 11 is 0. The standard InChI is InChI=1S/C28H48N2O8/c1-21(2)27(22(3)31)30-26(32)10-12-34-14-16-36-18-19-37-17-15-35-13-11-29-28(33)38-20-25-23-8-6-4-5-7-9-24(23)25/h4-5,21,23-25,27H,6-20H2,1-3H3,(H,29,33)(H,30,32)/b5-4-/t23?,24?,25?,27-/m0/s1. The molecule has 0 aromatic heterocycles. The molecule has 1 fully saturated rings. The minimum absolute atomic E-state index is 0.0461. The molecule has 38 heavy (non-hydrogen) atoms. The summed E-state index contributed by atoms with van der Waals surface area (Å²) in [6, 6.07) is -0.453. The molecular weight excluding hydrogens is 492 g/mol. The Hall–Kier alpha value is -2.01. The molecule has 10 nitrogen and oxygen atoms in total. The van der Waals surface area contributed by atoms with Crippen LogP contribution in [0.15, 0.2) is 12.2 Å². The van der Waals surface area contributed by atoms with Crippen molar-refractivity contribution in [1.29, 1.82) is 0 Å². The van der Waals surface area contributed by atoms with Gasteiger partial charge in [0.25, 0.3) is 0 Å². The minimum Gasteiger partial charge on any atom is -0.449 e. The summed E-state index contributed by atoms with van der Waals surface area (Å²) in [4.78, 5) is 35.3. The molecule has 1 saturated carbocycles. The van der Waals surface area contributed by atoms with Gasteiger partial charge in [-0.3, -0.25) is 9.59 Å². The Labute approximate surface area is 227 Å². The van der Waals surface area contributed by atoms with Crippen LogP contribution in [-0.4, -0.2) is 89.8 Å². The molecule has 0 radical (unpaired) electrons. The SMILES string of the molecule is CC(=O)[C@@H](NC(=O)CCOCCOCCOCCOCCNC(=O)OCC1C2CC/C=C\CCC21)C(C)C. The van der Waals surface area contributed by atoms with Gasteiger partial charge < -0.3 is 34.3 Å². The molecule has 2 unspecified atom stereocenters. The highest BCUT2D eigenvalue weighted by atomic mass is 16.6. The normalized spacial score (nSPS) is 22.1. The van der Waals surface area contributed by atoms with Crippen molar-refractivity contribution in [3.05, 3.63) is 12.2 Å². The fourth-order valence-electron chi connectivity index (χ4n) is 4.80. The summed E-state index contributed by atoms with van der Waals surface area (Å²) in [5.41, 5.74) is 0. The van der Waals surface area contributed by atoms with Crippen LogP contribution in [0.4, 0.5) is 4.79 Å². The smallest absolute Gasteiger partial charge is 0.407 e. The number of fused-ring (bicyclic) bond motifs is 1. The Balaban J connectivity index is 1.29. The van der Waals surface area contributed by atoms with Crippen molar-refractivity contribution in [1.82, 2.24) is 10.6 Å². The number of amides is 2. The Morgan fingerprint density at radius 3 is 1.87 bits per heavy atom. The number of alkyl carbamates (subject to hydrolysis) is 1. The van der Waals surface area contributed by atoms with E-state index in [1.165, 1.54) is 19.8 Å². The van der Waals surface area contributed by atoms with Crippen LogP contribution in [-0.2, 0) is 33.3 Å². The van der Waals surface area contributed by atoms with Gasteiger partial charge in [-0.15, -0.1) is 0 Å². The molecule has 2 aliphatic carbocycles. The van der Waals surface area contributed by atoms with Gasteiger partial charge in [0.05, 0.1) is 65.5 Å². The van der Waals surface area contributed by atoms with Gasteiger partial charge in [-0.25, -0.2) is 4.79 Å². The van der Waals surface area contributed by atoms with Crippen molar-refractivity contribution in [2.45, 2.75) is 58.9 Å². The van der Waals surface area contributed by atoms with Crippen LogP contribution in [0.25, 0.3) is 0 Å². The number of ether oxygens (including phenoxy) is 5. The second-order valence-electron chi connectivity index (χ2n) is 10.2. The molecule has 0 heterocycles. The number of hydrogen-bond acceptors (Lipinski definition) is 8. The van der Waals surface area contributed by atoms with E-state index in [4.69, 9.17) is 23.7 Å². The highest BCUT2D eigenvalue weighted by molar-refractivity contribution is 5.87.